The van der Waals surface area contributed by atoms with Gasteiger partial charge in [-0.2, -0.15) is 13.2 Å². The minimum absolute atomic E-state index is 0.0844. The molecule has 2 aliphatic heterocycles. The Morgan fingerprint density at radius 2 is 1.89 bits per heavy atom. The number of benzene rings is 1. The third-order valence-corrected chi connectivity index (χ3v) is 5.80. The Kier molecular flexibility index (Phi) is 4.95. The van der Waals surface area contributed by atoms with Crippen LogP contribution in [-0.4, -0.2) is 54.4 Å². The van der Waals surface area contributed by atoms with Crippen LogP contribution in [-0.2, 0) is 4.74 Å². The molecular formula is C19H21F3N2O4. The van der Waals surface area contributed by atoms with Crippen molar-refractivity contribution in [1.29, 1.82) is 0 Å². The molecule has 4 atom stereocenters. The smallest absolute Gasteiger partial charge is 0.432 e. The van der Waals surface area contributed by atoms with Gasteiger partial charge in [-0.3, -0.25) is 10.1 Å². The molecule has 6 nitrogen and oxygen atoms in total. The molecule has 0 amide bonds. The first kappa shape index (κ1) is 19.0. The molecule has 0 aromatic heterocycles. The van der Waals surface area contributed by atoms with Gasteiger partial charge < -0.3 is 14.4 Å². The molecule has 0 unspecified atom stereocenters. The molecule has 0 saturated carbocycles. The number of fused-ring (bicyclic) bond motifs is 1. The number of ether oxygens (including phenoxy) is 2. The van der Waals surface area contributed by atoms with Crippen molar-refractivity contribution in [2.45, 2.75) is 37.1 Å². The number of nitrogens with zero attached hydrogens (tertiary/aromatic N) is 2. The number of rotatable bonds is 3. The molecule has 4 rings (SSSR count). The van der Waals surface area contributed by atoms with Gasteiger partial charge in [-0.05, 0) is 18.9 Å². The third kappa shape index (κ3) is 3.32. The van der Waals surface area contributed by atoms with Gasteiger partial charge in [-0.25, -0.2) is 0 Å². The van der Waals surface area contributed by atoms with Crippen LogP contribution in [0.4, 0.5) is 13.2 Å². The highest BCUT2D eigenvalue weighted by atomic mass is 19.4. The molecule has 1 aliphatic carbocycles. The zero-order valence-electron chi connectivity index (χ0n) is 15.1. The maximum absolute atomic E-state index is 13.7. The topological polar surface area (TPSA) is 64.8 Å². The number of alkyl halides is 3. The zero-order valence-corrected chi connectivity index (χ0v) is 15.1. The van der Waals surface area contributed by atoms with Crippen LogP contribution in [0, 0.1) is 16.0 Å². The van der Waals surface area contributed by atoms with E-state index in [-0.39, 0.29) is 11.7 Å². The highest BCUT2D eigenvalue weighted by Crippen LogP contribution is 2.50. The average molecular weight is 398 g/mol. The van der Waals surface area contributed by atoms with E-state index < -0.39 is 29.2 Å². The van der Waals surface area contributed by atoms with Crippen LogP contribution < -0.4 is 4.74 Å². The molecule has 0 N–H and O–H groups in total. The van der Waals surface area contributed by atoms with Gasteiger partial charge in [-0.1, -0.05) is 24.3 Å². The van der Waals surface area contributed by atoms with Gasteiger partial charge in [0, 0.05) is 35.2 Å². The van der Waals surface area contributed by atoms with Crippen molar-refractivity contribution in [3.63, 3.8) is 0 Å². The lowest BCUT2D eigenvalue weighted by atomic mass is 9.75. The van der Waals surface area contributed by atoms with E-state index in [1.807, 2.05) is 6.08 Å². The van der Waals surface area contributed by atoms with Crippen molar-refractivity contribution in [3.8, 4) is 5.75 Å². The van der Waals surface area contributed by atoms with Crippen molar-refractivity contribution < 1.29 is 27.6 Å². The van der Waals surface area contributed by atoms with Crippen LogP contribution in [0.15, 0.2) is 36.0 Å². The molecule has 0 radical (unpaired) electrons. The molecular weight excluding hydrogens is 377 g/mol. The van der Waals surface area contributed by atoms with Gasteiger partial charge in [0.2, 0.25) is 0 Å². The van der Waals surface area contributed by atoms with E-state index in [4.69, 9.17) is 9.47 Å². The summed E-state index contributed by atoms with van der Waals surface area (Å²) in [5, 5.41) is 11.8. The SMILES string of the molecule is O=[N+]([O-])[C@H]1[C@H]([C@@H]2CCC=C2N2CCOCC2)c2ccccc2O[C@H]1C(F)(F)F. The Morgan fingerprint density at radius 1 is 1.18 bits per heavy atom. The second-order valence-electron chi connectivity index (χ2n) is 7.33. The van der Waals surface area contributed by atoms with Crippen LogP contribution in [0.1, 0.15) is 24.3 Å². The standard InChI is InChI=1S/C19H21F3N2O4/c20-19(21,22)18-17(24(25)26)16(13-4-1-2-7-15(13)28-18)12-5-3-6-14(12)23-8-10-27-11-9-23/h1-2,4,6-7,12,16-18H,3,5,8-11H2/t12-,16-,17+,18-/m1/s1. The summed E-state index contributed by atoms with van der Waals surface area (Å²) in [6.45, 7) is 2.36. The average Bonchev–Trinajstić information content (AvgIpc) is 3.15. The Morgan fingerprint density at radius 3 is 2.57 bits per heavy atom. The lowest BCUT2D eigenvalue weighted by molar-refractivity contribution is -0.550. The number of halogens is 3. The second kappa shape index (κ2) is 7.27. The van der Waals surface area contributed by atoms with Gasteiger partial charge in [-0.15, -0.1) is 0 Å². The largest absolute Gasteiger partial charge is 0.473 e. The molecule has 1 aromatic carbocycles. The van der Waals surface area contributed by atoms with E-state index in [9.17, 15) is 23.3 Å². The summed E-state index contributed by atoms with van der Waals surface area (Å²) in [7, 11) is 0. The summed E-state index contributed by atoms with van der Waals surface area (Å²) in [6, 6.07) is 4.50. The van der Waals surface area contributed by atoms with E-state index >= 15 is 0 Å². The van der Waals surface area contributed by atoms with Crippen LogP contribution in [0.2, 0.25) is 0 Å². The summed E-state index contributed by atoms with van der Waals surface area (Å²) >= 11 is 0. The number of nitro groups is 1. The van der Waals surface area contributed by atoms with E-state index in [1.165, 1.54) is 6.07 Å². The third-order valence-electron chi connectivity index (χ3n) is 5.80. The summed E-state index contributed by atoms with van der Waals surface area (Å²) in [5.41, 5.74) is 1.38. The van der Waals surface area contributed by atoms with Gasteiger partial charge in [0.25, 0.3) is 12.1 Å². The highest BCUT2D eigenvalue weighted by Gasteiger charge is 2.61. The molecule has 0 bridgehead atoms. The molecule has 1 saturated heterocycles. The first-order valence-corrected chi connectivity index (χ1v) is 9.36. The van der Waals surface area contributed by atoms with Gasteiger partial charge in [0.05, 0.1) is 19.1 Å². The fraction of sp³-hybridized carbons (Fsp3) is 0.579. The van der Waals surface area contributed by atoms with Crippen molar-refractivity contribution in [3.05, 3.63) is 51.7 Å². The summed E-state index contributed by atoms with van der Waals surface area (Å²) < 4.78 is 51.6. The van der Waals surface area contributed by atoms with Crippen LogP contribution >= 0.6 is 0 Å². The first-order valence-electron chi connectivity index (χ1n) is 9.36. The minimum atomic E-state index is -4.83. The Balaban J connectivity index is 1.77. The van der Waals surface area contributed by atoms with Crippen molar-refractivity contribution in [2.75, 3.05) is 26.3 Å². The highest BCUT2D eigenvalue weighted by molar-refractivity contribution is 5.42. The number of morpholine rings is 1. The van der Waals surface area contributed by atoms with Gasteiger partial charge in [0.1, 0.15) is 5.75 Å². The number of para-hydroxylation sites is 1. The predicted molar refractivity (Wildman–Crippen MR) is 93.6 cm³/mol. The van der Waals surface area contributed by atoms with Crippen molar-refractivity contribution in [2.24, 2.45) is 5.92 Å². The fourth-order valence-electron chi connectivity index (χ4n) is 4.66. The minimum Gasteiger partial charge on any atom is -0.473 e. The normalized spacial score (nSPS) is 30.4. The van der Waals surface area contributed by atoms with E-state index in [1.54, 1.807) is 18.2 Å². The van der Waals surface area contributed by atoms with E-state index in [0.717, 1.165) is 5.70 Å². The summed E-state index contributed by atoms with van der Waals surface area (Å²) in [4.78, 5) is 13.1. The quantitative estimate of drug-likeness (QED) is 0.577. The zero-order chi connectivity index (χ0) is 19.9. The molecule has 3 aliphatic rings. The van der Waals surface area contributed by atoms with Crippen LogP contribution in [0.25, 0.3) is 0 Å². The molecule has 2 heterocycles. The van der Waals surface area contributed by atoms with E-state index in [2.05, 4.69) is 4.90 Å². The molecule has 28 heavy (non-hydrogen) atoms. The lowest BCUT2D eigenvalue weighted by Gasteiger charge is -2.41. The lowest BCUT2D eigenvalue weighted by Crippen LogP contribution is -2.55. The van der Waals surface area contributed by atoms with Gasteiger partial charge >= 0.3 is 6.18 Å². The summed E-state index contributed by atoms with van der Waals surface area (Å²) in [5.74, 6) is -1.17. The number of allylic oxidation sites excluding steroid dienone is 2. The molecule has 1 aromatic rings. The van der Waals surface area contributed by atoms with E-state index in [0.29, 0.717) is 44.7 Å². The molecule has 0 spiro atoms. The first-order chi connectivity index (χ1) is 13.4. The Hall–Kier alpha value is -2.29. The maximum Gasteiger partial charge on any atom is 0.432 e. The summed E-state index contributed by atoms with van der Waals surface area (Å²) in [6.07, 6.45) is -4.01. The monoisotopic (exact) mass is 398 g/mol. The van der Waals surface area contributed by atoms with Crippen molar-refractivity contribution >= 4 is 0 Å². The molecule has 1 fully saturated rings. The fourth-order valence-corrected chi connectivity index (χ4v) is 4.66. The van der Waals surface area contributed by atoms with Crippen molar-refractivity contribution in [1.82, 2.24) is 4.90 Å². The van der Waals surface area contributed by atoms with Gasteiger partial charge in [0.15, 0.2) is 0 Å². The van der Waals surface area contributed by atoms with Crippen LogP contribution in [0.5, 0.6) is 5.75 Å². The Labute approximate surface area is 160 Å². The number of hydrogen-bond acceptors (Lipinski definition) is 5. The second-order valence-corrected chi connectivity index (χ2v) is 7.33. The molecule has 152 valence electrons. The maximum atomic E-state index is 13.7. The predicted octanol–water partition coefficient (Wildman–Crippen LogP) is 3.36. The number of hydrogen-bond donors (Lipinski definition) is 0. The molecule has 9 heteroatoms. The Bertz CT molecular complexity index is 777. The van der Waals surface area contributed by atoms with Crippen LogP contribution in [0.3, 0.4) is 0 Å².